The molecule has 8 heteroatoms. The fraction of sp³-hybridized carbons (Fsp3) is 0.370. The first kappa shape index (κ1) is 23.2. The Kier molecular flexibility index (Phi) is 6.37. The van der Waals surface area contributed by atoms with E-state index in [9.17, 15) is 14.3 Å². The minimum atomic E-state index is -0.651. The molecular formula is C27H28FN5O2. The van der Waals surface area contributed by atoms with Crippen molar-refractivity contribution in [3.63, 3.8) is 0 Å². The number of hydrogen-bond donors (Lipinski definition) is 2. The van der Waals surface area contributed by atoms with Gasteiger partial charge in [0.25, 0.3) is 5.91 Å². The zero-order chi connectivity index (χ0) is 24.5. The van der Waals surface area contributed by atoms with Gasteiger partial charge < -0.3 is 15.7 Å². The van der Waals surface area contributed by atoms with Crippen molar-refractivity contribution >= 4 is 5.91 Å². The van der Waals surface area contributed by atoms with Crippen LogP contribution in [0.15, 0.2) is 42.5 Å². The molecule has 2 heterocycles. The van der Waals surface area contributed by atoms with E-state index in [0.29, 0.717) is 36.1 Å². The lowest BCUT2D eigenvalue weighted by Crippen LogP contribution is -2.46. The van der Waals surface area contributed by atoms with Crippen molar-refractivity contribution in [2.45, 2.75) is 44.1 Å². The van der Waals surface area contributed by atoms with Gasteiger partial charge in [-0.05, 0) is 67.5 Å². The van der Waals surface area contributed by atoms with E-state index in [2.05, 4.69) is 12.1 Å². The van der Waals surface area contributed by atoms with Gasteiger partial charge in [0, 0.05) is 43.4 Å². The smallest absolute Gasteiger partial charge is 0.274 e. The Labute approximate surface area is 203 Å². The molecule has 1 atom stereocenters. The molecule has 3 N–H and O–H groups in total. The lowest BCUT2D eigenvalue weighted by molar-refractivity contribution is 0.0702. The second-order valence-corrected chi connectivity index (χ2v) is 9.37. The van der Waals surface area contributed by atoms with E-state index in [1.807, 2.05) is 22.8 Å². The summed E-state index contributed by atoms with van der Waals surface area (Å²) < 4.78 is 16.4. The van der Waals surface area contributed by atoms with Gasteiger partial charge in [-0.3, -0.25) is 9.36 Å². The zero-order valence-electron chi connectivity index (χ0n) is 19.5. The Morgan fingerprint density at radius 1 is 1.20 bits per heavy atom. The number of amides is 1. The summed E-state index contributed by atoms with van der Waals surface area (Å²) in [5, 5.41) is 19.0. The number of halogens is 1. The molecule has 2 aliphatic rings. The van der Waals surface area contributed by atoms with Gasteiger partial charge in [0.1, 0.15) is 17.7 Å². The highest BCUT2D eigenvalue weighted by Crippen LogP contribution is 2.40. The summed E-state index contributed by atoms with van der Waals surface area (Å²) >= 11 is 0. The molecule has 0 spiro atoms. The number of likely N-dealkylation sites (tertiary alicyclic amines) is 1. The number of imidazole rings is 1. The number of aliphatic hydroxyl groups excluding tert-OH is 1. The fourth-order valence-corrected chi connectivity index (χ4v) is 4.83. The monoisotopic (exact) mass is 473 g/mol. The molecule has 180 valence electrons. The molecule has 1 aliphatic carbocycles. The van der Waals surface area contributed by atoms with Crippen LogP contribution in [0.25, 0.3) is 17.1 Å². The molecule has 2 fully saturated rings. The number of piperidine rings is 1. The number of nitrogens with zero attached hydrogens (tertiary/aromatic N) is 4. The number of carbonyl (C=O) groups is 1. The van der Waals surface area contributed by atoms with E-state index < -0.39 is 5.82 Å². The first-order valence-corrected chi connectivity index (χ1v) is 12.1. The number of nitriles is 1. The van der Waals surface area contributed by atoms with Gasteiger partial charge in [-0.2, -0.15) is 5.26 Å². The number of aliphatic hydroxyl groups is 1. The first-order chi connectivity index (χ1) is 17.0. The lowest BCUT2D eigenvalue weighted by atomic mass is 10.1. The van der Waals surface area contributed by atoms with Gasteiger partial charge in [0.15, 0.2) is 5.69 Å². The highest BCUT2D eigenvalue weighted by atomic mass is 19.1. The van der Waals surface area contributed by atoms with Crippen LogP contribution in [0.3, 0.4) is 0 Å². The summed E-state index contributed by atoms with van der Waals surface area (Å²) in [7, 11) is 0. The Morgan fingerprint density at radius 2 is 1.97 bits per heavy atom. The Morgan fingerprint density at radius 3 is 2.60 bits per heavy atom. The highest BCUT2D eigenvalue weighted by Gasteiger charge is 2.30. The molecular weight excluding hydrogens is 445 g/mol. The molecule has 1 saturated heterocycles. The minimum Gasteiger partial charge on any atom is -0.396 e. The van der Waals surface area contributed by atoms with E-state index >= 15 is 0 Å². The summed E-state index contributed by atoms with van der Waals surface area (Å²) in [4.78, 5) is 20.0. The average molecular weight is 474 g/mol. The third-order valence-corrected chi connectivity index (χ3v) is 6.82. The topological polar surface area (TPSA) is 108 Å². The van der Waals surface area contributed by atoms with Crippen LogP contribution >= 0.6 is 0 Å². The normalized spacial score (nSPS) is 17.9. The van der Waals surface area contributed by atoms with Gasteiger partial charge >= 0.3 is 0 Å². The average Bonchev–Trinajstić information content (AvgIpc) is 3.65. The quantitative estimate of drug-likeness (QED) is 0.569. The third kappa shape index (κ3) is 4.57. The molecule has 0 bridgehead atoms. The molecule has 1 aromatic heterocycles. The SMILES string of the molecule is N#Cc1ccc(-c2nc(C(=O)N3CCC[C@@H](N)C3)c(CCO)n2-c2ccc(C3CC3)cc2)cc1F. The Balaban J connectivity index is 1.66. The predicted molar refractivity (Wildman–Crippen MR) is 130 cm³/mol. The molecule has 3 aromatic rings. The Hall–Kier alpha value is -3.54. The molecule has 35 heavy (non-hydrogen) atoms. The van der Waals surface area contributed by atoms with Crippen LogP contribution < -0.4 is 5.73 Å². The molecule has 1 saturated carbocycles. The van der Waals surface area contributed by atoms with Crippen molar-refractivity contribution in [3.8, 4) is 23.1 Å². The molecule has 5 rings (SSSR count). The molecule has 0 radical (unpaired) electrons. The maximum atomic E-state index is 14.6. The minimum absolute atomic E-state index is 0.0603. The van der Waals surface area contributed by atoms with E-state index in [1.165, 1.54) is 30.5 Å². The predicted octanol–water partition coefficient (Wildman–Crippen LogP) is 3.53. The van der Waals surface area contributed by atoms with Crippen LogP contribution in [-0.4, -0.2) is 51.2 Å². The summed E-state index contributed by atoms with van der Waals surface area (Å²) in [6.45, 7) is 0.864. The Bertz CT molecular complexity index is 1290. The maximum Gasteiger partial charge on any atom is 0.274 e. The van der Waals surface area contributed by atoms with Gasteiger partial charge in [-0.15, -0.1) is 0 Å². The largest absolute Gasteiger partial charge is 0.396 e. The van der Waals surface area contributed by atoms with Gasteiger partial charge in [-0.1, -0.05) is 12.1 Å². The first-order valence-electron chi connectivity index (χ1n) is 12.1. The third-order valence-electron chi connectivity index (χ3n) is 6.82. The van der Waals surface area contributed by atoms with E-state index in [1.54, 1.807) is 11.0 Å². The number of nitrogens with two attached hydrogens (primary N) is 1. The van der Waals surface area contributed by atoms with Crippen LogP contribution in [0.2, 0.25) is 0 Å². The lowest BCUT2D eigenvalue weighted by Gasteiger charge is -2.30. The van der Waals surface area contributed by atoms with Crippen LogP contribution in [0.5, 0.6) is 0 Å². The van der Waals surface area contributed by atoms with Crippen molar-refractivity contribution in [1.29, 1.82) is 5.26 Å². The number of carbonyl (C=O) groups excluding carboxylic acids is 1. The second-order valence-electron chi connectivity index (χ2n) is 9.37. The van der Waals surface area contributed by atoms with Crippen LogP contribution in [0.4, 0.5) is 4.39 Å². The van der Waals surface area contributed by atoms with Crippen molar-refractivity contribution in [2.75, 3.05) is 19.7 Å². The van der Waals surface area contributed by atoms with Crippen LogP contribution in [-0.2, 0) is 6.42 Å². The van der Waals surface area contributed by atoms with Gasteiger partial charge in [-0.25, -0.2) is 9.37 Å². The molecule has 1 aliphatic heterocycles. The molecule has 2 aromatic carbocycles. The molecule has 0 unspecified atom stereocenters. The van der Waals surface area contributed by atoms with E-state index in [4.69, 9.17) is 16.0 Å². The molecule has 7 nitrogen and oxygen atoms in total. The number of rotatable bonds is 6. The van der Waals surface area contributed by atoms with E-state index in [0.717, 1.165) is 18.5 Å². The van der Waals surface area contributed by atoms with E-state index in [-0.39, 0.29) is 36.2 Å². The zero-order valence-corrected chi connectivity index (χ0v) is 19.5. The fourth-order valence-electron chi connectivity index (χ4n) is 4.83. The standard InChI is InChI=1S/C27H28FN5O2/c28-23-14-19(5-6-20(23)15-29)26-31-25(27(35)32-12-1-2-21(30)16-32)24(11-13-34)33(26)22-9-7-18(8-10-22)17-3-4-17/h5-10,14,17,21,34H,1-4,11-13,16,30H2/t21-/m1/s1. The van der Waals surface area contributed by atoms with Gasteiger partial charge in [0.2, 0.25) is 0 Å². The summed E-state index contributed by atoms with van der Waals surface area (Å²) in [6, 6.07) is 14.2. The highest BCUT2D eigenvalue weighted by molar-refractivity contribution is 5.95. The second kappa shape index (κ2) is 9.61. The van der Waals surface area contributed by atoms with Crippen LogP contribution in [0, 0.1) is 17.1 Å². The van der Waals surface area contributed by atoms with Gasteiger partial charge in [0.05, 0.1) is 11.3 Å². The number of aromatic nitrogens is 2. The van der Waals surface area contributed by atoms with Crippen molar-refractivity contribution in [2.24, 2.45) is 5.73 Å². The summed E-state index contributed by atoms with van der Waals surface area (Å²) in [6.07, 6.45) is 4.26. The van der Waals surface area contributed by atoms with Crippen molar-refractivity contribution in [3.05, 3.63) is 70.8 Å². The molecule has 1 amide bonds. The summed E-state index contributed by atoms with van der Waals surface area (Å²) in [5.41, 5.74) is 9.34. The maximum absolute atomic E-state index is 14.6. The van der Waals surface area contributed by atoms with Crippen LogP contribution in [0.1, 0.15) is 58.9 Å². The summed E-state index contributed by atoms with van der Waals surface area (Å²) in [5.74, 6) is 0.0893. The van der Waals surface area contributed by atoms with Crippen molar-refractivity contribution in [1.82, 2.24) is 14.5 Å². The van der Waals surface area contributed by atoms with Crippen molar-refractivity contribution < 1.29 is 14.3 Å². The number of hydrogen-bond acceptors (Lipinski definition) is 5. The number of benzene rings is 2.